The highest BCUT2D eigenvalue weighted by atomic mass is 32.2. The number of hydrogen-bond donors (Lipinski definition) is 1. The summed E-state index contributed by atoms with van der Waals surface area (Å²) >= 11 is 0. The first-order chi connectivity index (χ1) is 13.4. The number of amides is 1. The lowest BCUT2D eigenvalue weighted by Gasteiger charge is -2.34. The zero-order valence-electron chi connectivity index (χ0n) is 15.9. The molecule has 8 heteroatoms. The first-order valence-electron chi connectivity index (χ1n) is 9.59. The van der Waals surface area contributed by atoms with Gasteiger partial charge in [0.2, 0.25) is 10.0 Å². The van der Waals surface area contributed by atoms with Gasteiger partial charge in [0.25, 0.3) is 5.91 Å². The molecule has 7 nitrogen and oxygen atoms in total. The molecule has 0 unspecified atom stereocenters. The van der Waals surface area contributed by atoms with Crippen molar-refractivity contribution in [1.82, 2.24) is 14.5 Å². The summed E-state index contributed by atoms with van der Waals surface area (Å²) in [6.07, 6.45) is 3.41. The molecule has 1 saturated carbocycles. The molecule has 0 bridgehead atoms. The number of carbonyl (C=O) groups excluding carboxylic acids is 1. The number of nitrogens with zero attached hydrogens (tertiary/aromatic N) is 2. The van der Waals surface area contributed by atoms with Crippen LogP contribution >= 0.6 is 0 Å². The summed E-state index contributed by atoms with van der Waals surface area (Å²) in [6.45, 7) is 5.30. The van der Waals surface area contributed by atoms with E-state index < -0.39 is 10.0 Å². The number of nitrogens with one attached hydrogen (secondary N) is 1. The molecule has 2 fully saturated rings. The molecule has 28 heavy (non-hydrogen) atoms. The molecule has 150 valence electrons. The van der Waals surface area contributed by atoms with Crippen molar-refractivity contribution in [2.45, 2.75) is 37.2 Å². The SMILES string of the molecule is Cc1ccc(S(=O)(=O)NC2CC2)cc1C(=O)N1CCN(Cc2ccco2)CC1. The minimum absolute atomic E-state index is 0.0349. The lowest BCUT2D eigenvalue weighted by Crippen LogP contribution is -2.48. The predicted molar refractivity (Wildman–Crippen MR) is 104 cm³/mol. The van der Waals surface area contributed by atoms with Crippen molar-refractivity contribution in [3.8, 4) is 0 Å². The van der Waals surface area contributed by atoms with Crippen molar-refractivity contribution >= 4 is 15.9 Å². The van der Waals surface area contributed by atoms with Gasteiger partial charge in [-0.25, -0.2) is 13.1 Å². The average Bonchev–Trinajstić information content (AvgIpc) is 3.33. The number of aryl methyl sites for hydroxylation is 1. The molecule has 0 radical (unpaired) electrons. The van der Waals surface area contributed by atoms with Gasteiger partial charge < -0.3 is 9.32 Å². The molecule has 0 atom stereocenters. The van der Waals surface area contributed by atoms with Crippen LogP contribution in [0.4, 0.5) is 0 Å². The summed E-state index contributed by atoms with van der Waals surface area (Å²) in [6, 6.07) is 8.64. The topological polar surface area (TPSA) is 82.9 Å². The Balaban J connectivity index is 1.43. The Bertz CT molecular complexity index is 944. The first-order valence-corrected chi connectivity index (χ1v) is 11.1. The molecule has 1 aliphatic heterocycles. The number of sulfonamides is 1. The summed E-state index contributed by atoms with van der Waals surface area (Å²) in [4.78, 5) is 17.2. The maximum atomic E-state index is 13.0. The van der Waals surface area contributed by atoms with Gasteiger partial charge in [0.15, 0.2) is 0 Å². The van der Waals surface area contributed by atoms with E-state index in [-0.39, 0.29) is 16.8 Å². The second-order valence-corrected chi connectivity index (χ2v) is 9.23. The predicted octanol–water partition coefficient (Wildman–Crippen LogP) is 1.99. The maximum Gasteiger partial charge on any atom is 0.254 e. The van der Waals surface area contributed by atoms with Crippen LogP contribution in [-0.4, -0.2) is 56.3 Å². The summed E-state index contributed by atoms with van der Waals surface area (Å²) in [5, 5.41) is 0. The van der Waals surface area contributed by atoms with Crippen LogP contribution < -0.4 is 4.72 Å². The van der Waals surface area contributed by atoms with Crippen molar-refractivity contribution in [1.29, 1.82) is 0 Å². The molecule has 1 amide bonds. The van der Waals surface area contributed by atoms with E-state index in [0.29, 0.717) is 18.7 Å². The lowest BCUT2D eigenvalue weighted by atomic mass is 10.1. The smallest absolute Gasteiger partial charge is 0.254 e. The van der Waals surface area contributed by atoms with Crippen LogP contribution in [0.3, 0.4) is 0 Å². The Hall–Kier alpha value is -2.16. The van der Waals surface area contributed by atoms with Crippen molar-refractivity contribution in [3.05, 3.63) is 53.5 Å². The van der Waals surface area contributed by atoms with E-state index in [4.69, 9.17) is 4.42 Å². The highest BCUT2D eigenvalue weighted by Crippen LogP contribution is 2.24. The molecule has 2 aliphatic rings. The molecule has 0 spiro atoms. The van der Waals surface area contributed by atoms with Crippen LogP contribution in [-0.2, 0) is 16.6 Å². The highest BCUT2D eigenvalue weighted by Gasteiger charge is 2.29. The number of piperazine rings is 1. The van der Waals surface area contributed by atoms with E-state index >= 15 is 0 Å². The largest absolute Gasteiger partial charge is 0.468 e. The zero-order chi connectivity index (χ0) is 19.7. The van der Waals surface area contributed by atoms with Gasteiger partial charge in [-0.2, -0.15) is 0 Å². The molecule has 2 heterocycles. The summed E-state index contributed by atoms with van der Waals surface area (Å²) in [7, 11) is -3.58. The second kappa shape index (κ2) is 7.69. The standard InChI is InChI=1S/C20H25N3O4S/c1-15-4-7-18(28(25,26)21-16-5-6-16)13-19(15)20(24)23-10-8-22(9-11-23)14-17-3-2-12-27-17/h2-4,7,12-13,16,21H,5-6,8-11,14H2,1H3. The summed E-state index contributed by atoms with van der Waals surface area (Å²) < 4.78 is 33.0. The van der Waals surface area contributed by atoms with E-state index in [9.17, 15) is 13.2 Å². The fourth-order valence-corrected chi connectivity index (χ4v) is 4.72. The van der Waals surface area contributed by atoms with Gasteiger partial charge in [-0.1, -0.05) is 6.07 Å². The Morgan fingerprint density at radius 2 is 1.93 bits per heavy atom. The van der Waals surface area contributed by atoms with Crippen molar-refractivity contribution in [3.63, 3.8) is 0 Å². The van der Waals surface area contributed by atoms with E-state index in [1.54, 1.807) is 23.3 Å². The molecule has 1 N–H and O–H groups in total. The number of benzene rings is 1. The molecule has 4 rings (SSSR count). The van der Waals surface area contributed by atoms with Crippen molar-refractivity contribution < 1.29 is 17.6 Å². The molecular weight excluding hydrogens is 378 g/mol. The van der Waals surface area contributed by atoms with Gasteiger partial charge in [-0.3, -0.25) is 9.69 Å². The monoisotopic (exact) mass is 403 g/mol. The van der Waals surface area contributed by atoms with Gasteiger partial charge in [0, 0.05) is 37.8 Å². The average molecular weight is 404 g/mol. The fraction of sp³-hybridized carbons (Fsp3) is 0.450. The third-order valence-electron chi connectivity index (χ3n) is 5.27. The van der Waals surface area contributed by atoms with E-state index in [0.717, 1.165) is 43.8 Å². The third-order valence-corrected chi connectivity index (χ3v) is 6.79. The quantitative estimate of drug-likeness (QED) is 0.798. The normalized spacial score (nSPS) is 18.4. The van der Waals surface area contributed by atoms with Gasteiger partial charge in [-0.15, -0.1) is 0 Å². The molecule has 2 aromatic rings. The molecule has 1 aliphatic carbocycles. The van der Waals surface area contributed by atoms with Crippen LogP contribution in [0, 0.1) is 6.92 Å². The van der Waals surface area contributed by atoms with Gasteiger partial charge in [0.05, 0.1) is 17.7 Å². The van der Waals surface area contributed by atoms with Gasteiger partial charge in [0.1, 0.15) is 5.76 Å². The molecule has 1 aromatic heterocycles. The zero-order valence-corrected chi connectivity index (χ0v) is 16.7. The third kappa shape index (κ3) is 4.29. The Morgan fingerprint density at radius 1 is 1.18 bits per heavy atom. The number of hydrogen-bond acceptors (Lipinski definition) is 5. The van der Waals surface area contributed by atoms with Crippen molar-refractivity contribution in [2.24, 2.45) is 0 Å². The van der Waals surface area contributed by atoms with Crippen LogP contribution in [0.5, 0.6) is 0 Å². The molecule has 1 saturated heterocycles. The Labute approximate surface area is 165 Å². The van der Waals surface area contributed by atoms with Crippen LogP contribution in [0.1, 0.15) is 34.5 Å². The maximum absolute atomic E-state index is 13.0. The first kappa shape index (κ1) is 19.2. The van der Waals surface area contributed by atoms with E-state index in [1.165, 1.54) is 6.07 Å². The van der Waals surface area contributed by atoms with E-state index in [2.05, 4.69) is 9.62 Å². The second-order valence-electron chi connectivity index (χ2n) is 7.52. The summed E-state index contributed by atoms with van der Waals surface area (Å²) in [5.74, 6) is 0.801. The number of rotatable bonds is 6. The fourth-order valence-electron chi connectivity index (χ4n) is 3.39. The van der Waals surface area contributed by atoms with Crippen LogP contribution in [0.15, 0.2) is 45.9 Å². The van der Waals surface area contributed by atoms with Gasteiger partial charge in [-0.05, 0) is 49.6 Å². The molecular formula is C20H25N3O4S. The summed E-state index contributed by atoms with van der Waals surface area (Å²) in [5.41, 5.74) is 1.24. The van der Waals surface area contributed by atoms with Crippen LogP contribution in [0.2, 0.25) is 0 Å². The van der Waals surface area contributed by atoms with Crippen molar-refractivity contribution in [2.75, 3.05) is 26.2 Å². The number of furan rings is 1. The van der Waals surface area contributed by atoms with Crippen LogP contribution in [0.25, 0.3) is 0 Å². The minimum Gasteiger partial charge on any atom is -0.468 e. The Morgan fingerprint density at radius 3 is 2.57 bits per heavy atom. The van der Waals surface area contributed by atoms with Gasteiger partial charge >= 0.3 is 0 Å². The minimum atomic E-state index is -3.58. The number of carbonyl (C=O) groups is 1. The Kier molecular flexibility index (Phi) is 5.27. The van der Waals surface area contributed by atoms with E-state index in [1.807, 2.05) is 19.1 Å². The highest BCUT2D eigenvalue weighted by molar-refractivity contribution is 7.89. The molecule has 1 aromatic carbocycles. The lowest BCUT2D eigenvalue weighted by molar-refractivity contribution is 0.0619.